The van der Waals surface area contributed by atoms with Crippen LogP contribution in [-0.4, -0.2) is 101 Å². The minimum absolute atomic E-state index is 0.0354. The highest BCUT2D eigenvalue weighted by atomic mass is 16.6. The molecule has 0 aromatic heterocycles. The summed E-state index contributed by atoms with van der Waals surface area (Å²) in [5.41, 5.74) is 4.54. The number of ether oxygens (including phenoxy) is 5. The predicted molar refractivity (Wildman–Crippen MR) is 230 cm³/mol. The zero-order valence-electron chi connectivity index (χ0n) is 38.0. The number of carbonyl (C=O) groups excluding carboxylic acids is 3. The Balaban J connectivity index is 0.000000356. The highest BCUT2D eigenvalue weighted by molar-refractivity contribution is 5.92. The van der Waals surface area contributed by atoms with E-state index in [2.05, 4.69) is 4.74 Å². The van der Waals surface area contributed by atoms with Crippen molar-refractivity contribution in [2.45, 2.75) is 143 Å². The van der Waals surface area contributed by atoms with Gasteiger partial charge in [0.15, 0.2) is 11.4 Å². The van der Waals surface area contributed by atoms with Crippen molar-refractivity contribution in [2.75, 3.05) is 20.8 Å². The molecule has 2 fully saturated rings. The van der Waals surface area contributed by atoms with Crippen molar-refractivity contribution in [3.63, 3.8) is 0 Å². The van der Waals surface area contributed by atoms with Crippen molar-refractivity contribution in [2.24, 2.45) is 22.5 Å². The number of aromatic carboxylic acids is 1. The van der Waals surface area contributed by atoms with Crippen LogP contribution in [0.25, 0.3) is 0 Å². The van der Waals surface area contributed by atoms with Gasteiger partial charge in [0.05, 0.1) is 35.2 Å². The van der Waals surface area contributed by atoms with Crippen molar-refractivity contribution >= 4 is 29.8 Å². The minimum Gasteiger partial charge on any atom is -0.481 e. The first-order chi connectivity index (χ1) is 28.2. The largest absolute Gasteiger partial charge is 0.481 e. The highest BCUT2D eigenvalue weighted by Gasteiger charge is 2.59. The number of carbonyl (C=O) groups is 5. The number of benzene rings is 2. The summed E-state index contributed by atoms with van der Waals surface area (Å²) in [7, 11) is 3.15. The summed E-state index contributed by atoms with van der Waals surface area (Å²) in [6.45, 7) is 18.5. The zero-order valence-corrected chi connectivity index (χ0v) is 38.0. The van der Waals surface area contributed by atoms with E-state index in [9.17, 15) is 29.1 Å². The number of ketones is 1. The molecular formula is C47H69NO13. The molecule has 3 aliphatic rings. The molecule has 0 spiro atoms. The van der Waals surface area contributed by atoms with E-state index < -0.39 is 57.9 Å². The number of aliphatic carboxylic acids is 1. The van der Waals surface area contributed by atoms with Crippen LogP contribution in [0.5, 0.6) is 0 Å². The summed E-state index contributed by atoms with van der Waals surface area (Å²) >= 11 is 0. The van der Waals surface area contributed by atoms with Gasteiger partial charge in [0.1, 0.15) is 17.8 Å². The van der Waals surface area contributed by atoms with Crippen LogP contribution in [0.1, 0.15) is 117 Å². The van der Waals surface area contributed by atoms with Crippen LogP contribution in [0.2, 0.25) is 0 Å². The number of methoxy groups -OCH3 is 2. The van der Waals surface area contributed by atoms with Crippen LogP contribution in [0, 0.1) is 16.7 Å². The average Bonchev–Trinajstić information content (AvgIpc) is 3.17. The first-order valence-electron chi connectivity index (χ1n) is 20.5. The van der Waals surface area contributed by atoms with Gasteiger partial charge < -0.3 is 44.7 Å². The van der Waals surface area contributed by atoms with Crippen LogP contribution in [0.15, 0.2) is 71.8 Å². The van der Waals surface area contributed by atoms with Gasteiger partial charge in [-0.05, 0) is 90.0 Å². The molecule has 340 valence electrons. The number of carboxylic acids is 2. The van der Waals surface area contributed by atoms with Crippen LogP contribution in [-0.2, 0) is 44.5 Å². The van der Waals surface area contributed by atoms with E-state index in [4.69, 9.17) is 34.9 Å². The van der Waals surface area contributed by atoms with E-state index in [0.717, 1.165) is 23.1 Å². The van der Waals surface area contributed by atoms with E-state index in [0.29, 0.717) is 44.3 Å². The Hall–Kier alpha value is -4.63. The third-order valence-corrected chi connectivity index (χ3v) is 11.9. The monoisotopic (exact) mass is 855 g/mol. The standard InChI is InChI=1S/C25H40O7.C10H12O2.C7H6O2.C5H11NO2/c1-15-9-10-25(28)12-11-23(5,21(27)20(30-8)19(15)22(25,3)4)17(29-7)13-18-24(6,14-31-18)32-16(2)26;1-8(10(11)12)7-9-5-3-2-4-6-9;8-7(9)6-4-2-1-3-5-6;1-5(2,3)8-4(6)7/h17-18,20,28H,9-14H2,1-8H3;2-6,8H,7H2,1H3,(H,11,12);1-5H,(H,8,9);1-3H3,(H2,6,7). The Bertz CT molecular complexity index is 1820. The highest BCUT2D eigenvalue weighted by Crippen LogP contribution is 2.55. The van der Waals surface area contributed by atoms with E-state index in [1.807, 2.05) is 65.0 Å². The summed E-state index contributed by atoms with van der Waals surface area (Å²) in [4.78, 5) is 56.4. The number of carboxylic acid groups (broad SMARTS) is 2. The van der Waals surface area contributed by atoms with Gasteiger partial charge in [-0.3, -0.25) is 14.4 Å². The van der Waals surface area contributed by atoms with E-state index in [1.165, 1.54) is 6.92 Å². The fourth-order valence-electron chi connectivity index (χ4n) is 8.10. The first-order valence-corrected chi connectivity index (χ1v) is 20.5. The second-order valence-corrected chi connectivity index (χ2v) is 18.0. The summed E-state index contributed by atoms with van der Waals surface area (Å²) in [6, 6.07) is 18.0. The molecule has 2 aromatic rings. The molecule has 5 N–H and O–H groups in total. The van der Waals surface area contributed by atoms with Crippen LogP contribution < -0.4 is 5.73 Å². The van der Waals surface area contributed by atoms with E-state index in [-0.39, 0.29) is 23.8 Å². The normalized spacial score (nSPS) is 26.3. The minimum atomic E-state index is -0.932. The van der Waals surface area contributed by atoms with Crippen molar-refractivity contribution in [3.8, 4) is 0 Å². The lowest BCUT2D eigenvalue weighted by atomic mass is 9.54. The number of amides is 1. The van der Waals surface area contributed by atoms with Gasteiger partial charge in [0.25, 0.3) is 0 Å². The molecule has 1 saturated heterocycles. The van der Waals surface area contributed by atoms with Gasteiger partial charge in [-0.2, -0.15) is 0 Å². The quantitative estimate of drug-likeness (QED) is 0.134. The lowest BCUT2D eigenvalue weighted by molar-refractivity contribution is -0.254. The van der Waals surface area contributed by atoms with Gasteiger partial charge in [0, 0.05) is 33.0 Å². The van der Waals surface area contributed by atoms with E-state index >= 15 is 0 Å². The number of primary amides is 1. The maximum atomic E-state index is 14.1. The molecule has 2 bridgehead atoms. The third-order valence-electron chi connectivity index (χ3n) is 11.9. The Kier molecular flexibility index (Phi) is 18.9. The van der Waals surface area contributed by atoms with Gasteiger partial charge in [-0.1, -0.05) is 81.8 Å². The maximum Gasteiger partial charge on any atom is 0.405 e. The molecule has 1 heterocycles. The number of fused-ring (bicyclic) bond motifs is 2. The molecule has 1 amide bonds. The molecule has 1 saturated carbocycles. The van der Waals surface area contributed by atoms with Gasteiger partial charge in [-0.25, -0.2) is 9.59 Å². The number of aliphatic hydroxyl groups is 1. The Morgan fingerprint density at radius 3 is 1.87 bits per heavy atom. The molecule has 61 heavy (non-hydrogen) atoms. The van der Waals surface area contributed by atoms with Gasteiger partial charge >= 0.3 is 24.0 Å². The lowest BCUT2D eigenvalue weighted by Crippen LogP contribution is -2.62. The topological polar surface area (TPSA) is 218 Å². The number of nitrogens with two attached hydrogens (primary N) is 1. The second-order valence-electron chi connectivity index (χ2n) is 18.0. The van der Waals surface area contributed by atoms with Crippen LogP contribution in [0.3, 0.4) is 0 Å². The molecule has 14 nitrogen and oxygen atoms in total. The molecule has 0 radical (unpaired) electrons. The summed E-state index contributed by atoms with van der Waals surface area (Å²) in [5, 5.41) is 28.8. The average molecular weight is 856 g/mol. The molecular weight excluding hydrogens is 787 g/mol. The van der Waals surface area contributed by atoms with Crippen LogP contribution in [0.4, 0.5) is 4.79 Å². The maximum absolute atomic E-state index is 14.1. The molecule has 7 atom stereocenters. The number of Topliss-reactive ketones (excluding diaryl/α,β-unsaturated/α-hetero) is 1. The molecule has 5 rings (SSSR count). The molecule has 1 aliphatic heterocycles. The zero-order chi connectivity index (χ0) is 46.6. The predicted octanol–water partition coefficient (Wildman–Crippen LogP) is 7.58. The number of hydrogen-bond donors (Lipinski definition) is 4. The van der Waals surface area contributed by atoms with Crippen molar-refractivity contribution in [3.05, 3.63) is 82.9 Å². The van der Waals surface area contributed by atoms with Crippen LogP contribution >= 0.6 is 0 Å². The Morgan fingerprint density at radius 1 is 0.918 bits per heavy atom. The number of esters is 1. The second kappa shape index (κ2) is 21.9. The van der Waals surface area contributed by atoms with Gasteiger partial charge in [-0.15, -0.1) is 0 Å². The van der Waals surface area contributed by atoms with Crippen molar-refractivity contribution in [1.82, 2.24) is 0 Å². The van der Waals surface area contributed by atoms with Crippen molar-refractivity contribution in [1.29, 1.82) is 0 Å². The molecule has 2 aromatic carbocycles. The lowest BCUT2D eigenvalue weighted by Gasteiger charge is -2.55. The number of hydrogen-bond acceptors (Lipinski definition) is 11. The fraction of sp³-hybridized carbons (Fsp3) is 0.596. The van der Waals surface area contributed by atoms with Crippen molar-refractivity contribution < 1.29 is 63.0 Å². The fourth-order valence-corrected chi connectivity index (χ4v) is 8.10. The third kappa shape index (κ3) is 14.2. The molecule has 14 heteroatoms. The summed E-state index contributed by atoms with van der Waals surface area (Å²) < 4.78 is 27.6. The number of rotatable bonds is 10. The molecule has 7 unspecified atom stereocenters. The Labute approximate surface area is 361 Å². The summed E-state index contributed by atoms with van der Waals surface area (Å²) in [5.74, 6) is -2.31. The molecule has 2 aliphatic carbocycles. The number of allylic oxidation sites excluding steroid dienone is 1. The SMILES string of the molecule is CC(C)(C)OC(N)=O.CC(Cc1ccccc1)C(=O)O.COC1C(=O)C(C)(C(CC2OCC2(C)OC(C)=O)OC)CCC2(O)CCC(C)=C1C2(C)C.O=C(O)c1ccccc1. The first kappa shape index (κ1) is 52.5. The van der Waals surface area contributed by atoms with Gasteiger partial charge in [0.2, 0.25) is 0 Å². The Morgan fingerprint density at radius 2 is 1.48 bits per heavy atom. The summed E-state index contributed by atoms with van der Waals surface area (Å²) in [6.07, 6.45) is 1.05. The van der Waals surface area contributed by atoms with E-state index in [1.54, 1.807) is 72.2 Å². The smallest absolute Gasteiger partial charge is 0.405 e.